The third-order valence-corrected chi connectivity index (χ3v) is 1.98. The van der Waals surface area contributed by atoms with E-state index in [4.69, 9.17) is 21.4 Å². The van der Waals surface area contributed by atoms with Gasteiger partial charge >= 0.3 is 5.97 Å². The third-order valence-electron chi connectivity index (χ3n) is 1.73. The van der Waals surface area contributed by atoms with Crippen molar-refractivity contribution in [3.63, 3.8) is 0 Å². The summed E-state index contributed by atoms with van der Waals surface area (Å²) in [6.07, 6.45) is -0.905. The second-order valence-electron chi connectivity index (χ2n) is 2.73. The second kappa shape index (κ2) is 4.98. The number of rotatable bonds is 4. The van der Waals surface area contributed by atoms with E-state index in [0.717, 1.165) is 0 Å². The Balaban J connectivity index is 2.87. The molecule has 14 heavy (non-hydrogen) atoms. The largest absolute Gasteiger partial charge is 0.479 e. The van der Waals surface area contributed by atoms with Crippen LogP contribution in [0.3, 0.4) is 0 Å². The van der Waals surface area contributed by atoms with Gasteiger partial charge in [0.2, 0.25) is 0 Å². The molecule has 0 aliphatic carbocycles. The van der Waals surface area contributed by atoms with Crippen LogP contribution in [0.1, 0.15) is 18.6 Å². The van der Waals surface area contributed by atoms with E-state index in [-0.39, 0.29) is 0 Å². The van der Waals surface area contributed by atoms with Gasteiger partial charge in [0.1, 0.15) is 0 Å². The average molecular weight is 215 g/mol. The van der Waals surface area contributed by atoms with Crippen LogP contribution < -0.4 is 0 Å². The third kappa shape index (κ3) is 2.72. The molecular formula is C10H11ClO3. The van der Waals surface area contributed by atoms with E-state index in [0.29, 0.717) is 17.2 Å². The van der Waals surface area contributed by atoms with E-state index in [1.165, 1.54) is 0 Å². The summed E-state index contributed by atoms with van der Waals surface area (Å²) in [6.45, 7) is 2.12. The van der Waals surface area contributed by atoms with Gasteiger partial charge in [0.05, 0.1) is 0 Å². The molecule has 0 saturated heterocycles. The number of carboxylic acid groups (broad SMARTS) is 1. The van der Waals surface area contributed by atoms with Gasteiger partial charge in [0, 0.05) is 11.6 Å². The van der Waals surface area contributed by atoms with Crippen LogP contribution in [0.2, 0.25) is 5.02 Å². The zero-order valence-corrected chi connectivity index (χ0v) is 8.49. The number of hydrogen-bond acceptors (Lipinski definition) is 2. The van der Waals surface area contributed by atoms with Crippen LogP contribution in [-0.4, -0.2) is 17.7 Å². The zero-order valence-electron chi connectivity index (χ0n) is 7.74. The number of benzene rings is 1. The van der Waals surface area contributed by atoms with Gasteiger partial charge in [-0.15, -0.1) is 0 Å². The lowest BCUT2D eigenvalue weighted by Gasteiger charge is -2.12. The summed E-state index contributed by atoms with van der Waals surface area (Å²) in [7, 11) is 0. The molecule has 1 aromatic carbocycles. The van der Waals surface area contributed by atoms with Crippen LogP contribution in [0.5, 0.6) is 0 Å². The first kappa shape index (κ1) is 11.0. The van der Waals surface area contributed by atoms with Gasteiger partial charge in [-0.3, -0.25) is 0 Å². The molecule has 0 radical (unpaired) electrons. The maximum Gasteiger partial charge on any atom is 0.337 e. The van der Waals surface area contributed by atoms with Crippen LogP contribution in [0.25, 0.3) is 0 Å². The average Bonchev–Trinajstić information content (AvgIpc) is 2.15. The van der Waals surface area contributed by atoms with Crippen LogP contribution in [0.4, 0.5) is 0 Å². The summed E-state index contributed by atoms with van der Waals surface area (Å²) in [6, 6.07) is 6.59. The van der Waals surface area contributed by atoms with Crippen molar-refractivity contribution >= 4 is 17.6 Å². The van der Waals surface area contributed by atoms with Gasteiger partial charge in [0.25, 0.3) is 0 Å². The fourth-order valence-corrected chi connectivity index (χ4v) is 1.24. The molecule has 1 rings (SSSR count). The van der Waals surface area contributed by atoms with E-state index >= 15 is 0 Å². The van der Waals surface area contributed by atoms with Crippen LogP contribution in [-0.2, 0) is 9.53 Å². The lowest BCUT2D eigenvalue weighted by atomic mass is 10.1. The molecule has 4 heteroatoms. The highest BCUT2D eigenvalue weighted by atomic mass is 35.5. The first-order chi connectivity index (χ1) is 6.65. The first-order valence-corrected chi connectivity index (χ1v) is 4.62. The van der Waals surface area contributed by atoms with Crippen molar-refractivity contribution < 1.29 is 14.6 Å². The van der Waals surface area contributed by atoms with Crippen molar-refractivity contribution in [3.05, 3.63) is 34.9 Å². The Morgan fingerprint density at radius 2 is 2.07 bits per heavy atom. The summed E-state index contributed by atoms with van der Waals surface area (Å²) < 4.78 is 5.09. The van der Waals surface area contributed by atoms with Crippen molar-refractivity contribution in [2.45, 2.75) is 13.0 Å². The van der Waals surface area contributed by atoms with Crippen molar-refractivity contribution in [1.82, 2.24) is 0 Å². The Morgan fingerprint density at radius 1 is 1.50 bits per heavy atom. The minimum atomic E-state index is -0.992. The lowest BCUT2D eigenvalue weighted by molar-refractivity contribution is -0.150. The maximum absolute atomic E-state index is 10.8. The normalized spacial score (nSPS) is 12.4. The van der Waals surface area contributed by atoms with Gasteiger partial charge in [-0.2, -0.15) is 0 Å². The fourth-order valence-electron chi connectivity index (χ4n) is 1.11. The molecule has 0 spiro atoms. The Kier molecular flexibility index (Phi) is 3.92. The minimum absolute atomic E-state index is 0.361. The molecule has 1 N–H and O–H groups in total. The van der Waals surface area contributed by atoms with Gasteiger partial charge < -0.3 is 9.84 Å². The SMILES string of the molecule is CCOC(C(=O)O)c1ccc(Cl)cc1. The maximum atomic E-state index is 10.8. The zero-order chi connectivity index (χ0) is 10.6. The molecule has 0 fully saturated rings. The molecule has 0 aliphatic heterocycles. The molecule has 1 unspecified atom stereocenters. The first-order valence-electron chi connectivity index (χ1n) is 4.25. The lowest BCUT2D eigenvalue weighted by Crippen LogP contribution is -2.15. The Hall–Kier alpha value is -1.06. The van der Waals surface area contributed by atoms with E-state index in [9.17, 15) is 4.79 Å². The quantitative estimate of drug-likeness (QED) is 0.838. The highest BCUT2D eigenvalue weighted by molar-refractivity contribution is 6.30. The monoisotopic (exact) mass is 214 g/mol. The van der Waals surface area contributed by atoms with Gasteiger partial charge in [0.15, 0.2) is 6.10 Å². The van der Waals surface area contributed by atoms with Crippen LogP contribution in [0, 0.1) is 0 Å². The van der Waals surface area contributed by atoms with Crippen molar-refractivity contribution in [3.8, 4) is 0 Å². The summed E-state index contributed by atoms with van der Waals surface area (Å²) >= 11 is 5.68. The summed E-state index contributed by atoms with van der Waals surface area (Å²) in [5.74, 6) is -0.992. The molecule has 0 aliphatic rings. The van der Waals surface area contributed by atoms with E-state index in [2.05, 4.69) is 0 Å². The minimum Gasteiger partial charge on any atom is -0.479 e. The van der Waals surface area contributed by atoms with Crippen molar-refractivity contribution in [2.75, 3.05) is 6.61 Å². The number of hydrogen-bond donors (Lipinski definition) is 1. The molecular weight excluding hydrogens is 204 g/mol. The van der Waals surface area contributed by atoms with Crippen molar-refractivity contribution in [2.24, 2.45) is 0 Å². The van der Waals surface area contributed by atoms with E-state index < -0.39 is 12.1 Å². The van der Waals surface area contributed by atoms with E-state index in [1.807, 2.05) is 0 Å². The van der Waals surface area contributed by atoms with Crippen molar-refractivity contribution in [1.29, 1.82) is 0 Å². The Labute approximate surface area is 87.3 Å². The number of carboxylic acids is 1. The summed E-state index contributed by atoms with van der Waals surface area (Å²) in [5, 5.41) is 9.45. The molecule has 0 amide bonds. The molecule has 1 aromatic rings. The van der Waals surface area contributed by atoms with Crippen LogP contribution in [0.15, 0.2) is 24.3 Å². The number of ether oxygens (including phenoxy) is 1. The molecule has 0 aromatic heterocycles. The number of aliphatic carboxylic acids is 1. The molecule has 3 nitrogen and oxygen atoms in total. The van der Waals surface area contributed by atoms with Gasteiger partial charge in [-0.05, 0) is 24.6 Å². The van der Waals surface area contributed by atoms with Crippen LogP contribution >= 0.6 is 11.6 Å². The topological polar surface area (TPSA) is 46.5 Å². The smallest absolute Gasteiger partial charge is 0.337 e. The predicted molar refractivity (Wildman–Crippen MR) is 53.5 cm³/mol. The molecule has 1 atom stereocenters. The van der Waals surface area contributed by atoms with Gasteiger partial charge in [-0.25, -0.2) is 4.79 Å². The predicted octanol–water partition coefficient (Wildman–Crippen LogP) is 2.50. The summed E-state index contributed by atoms with van der Waals surface area (Å²) in [4.78, 5) is 10.8. The summed E-state index contributed by atoms with van der Waals surface area (Å²) in [5.41, 5.74) is 0.601. The second-order valence-corrected chi connectivity index (χ2v) is 3.16. The molecule has 0 bridgehead atoms. The fraction of sp³-hybridized carbons (Fsp3) is 0.300. The Morgan fingerprint density at radius 3 is 2.50 bits per heavy atom. The van der Waals surface area contributed by atoms with E-state index in [1.54, 1.807) is 31.2 Å². The highest BCUT2D eigenvalue weighted by Crippen LogP contribution is 2.19. The Bertz CT molecular complexity index is 308. The number of halogens is 1. The van der Waals surface area contributed by atoms with Gasteiger partial charge in [-0.1, -0.05) is 23.7 Å². The standard InChI is InChI=1S/C10H11ClO3/c1-2-14-9(10(12)13)7-3-5-8(11)6-4-7/h3-6,9H,2H2,1H3,(H,12,13). The number of carbonyl (C=O) groups is 1. The molecule has 76 valence electrons. The molecule has 0 saturated carbocycles. The highest BCUT2D eigenvalue weighted by Gasteiger charge is 2.19. The molecule has 0 heterocycles.